The molecule has 1 N–H and O–H groups in total. The molecule has 5 aromatic rings. The summed E-state index contributed by atoms with van der Waals surface area (Å²) in [5, 5.41) is 11.6. The zero-order chi connectivity index (χ0) is 30.0. The standard InChI is InChI=1S/C37H36N2O3S/c1-25-21-30-33(42-24-29-17-16-28(23-38-29)27-14-8-5-9-15-27)19-18-31-34(30)35(43-25)32(22-37(2,3)36(40)41)39(31)20-10-13-26-11-6-4-7-12-26/h4-19,23,25H,20-22,24H2,1-3H3,(H,40,41). The van der Waals surface area contributed by atoms with Crippen LogP contribution in [0.5, 0.6) is 5.75 Å². The number of carboxylic acid groups (broad SMARTS) is 1. The number of thioether (sulfide) groups is 1. The highest BCUT2D eigenvalue weighted by molar-refractivity contribution is 8.00. The zero-order valence-electron chi connectivity index (χ0n) is 24.8. The number of aliphatic carboxylic acids is 1. The van der Waals surface area contributed by atoms with Gasteiger partial charge in [0.1, 0.15) is 12.4 Å². The van der Waals surface area contributed by atoms with E-state index in [1.165, 1.54) is 15.8 Å². The van der Waals surface area contributed by atoms with Crippen LogP contribution in [0.4, 0.5) is 0 Å². The summed E-state index contributed by atoms with van der Waals surface area (Å²) in [5.74, 6) is 0.0797. The molecule has 1 aliphatic rings. The minimum Gasteiger partial charge on any atom is -0.487 e. The molecule has 0 fully saturated rings. The van der Waals surface area contributed by atoms with Crippen LogP contribution in [0.25, 0.3) is 28.1 Å². The third-order valence-electron chi connectivity index (χ3n) is 8.06. The molecule has 5 nitrogen and oxygen atoms in total. The molecule has 43 heavy (non-hydrogen) atoms. The van der Waals surface area contributed by atoms with Crippen molar-refractivity contribution in [3.05, 3.63) is 120 Å². The van der Waals surface area contributed by atoms with E-state index in [9.17, 15) is 9.90 Å². The van der Waals surface area contributed by atoms with Crippen molar-refractivity contribution < 1.29 is 14.6 Å². The predicted octanol–water partition coefficient (Wildman–Crippen LogP) is 8.69. The number of ether oxygens (including phenoxy) is 1. The number of hydrogen-bond donors (Lipinski definition) is 1. The molecule has 0 radical (unpaired) electrons. The summed E-state index contributed by atoms with van der Waals surface area (Å²) in [6.07, 6.45) is 7.52. The van der Waals surface area contributed by atoms with Gasteiger partial charge in [0.15, 0.2) is 0 Å². The molecule has 6 rings (SSSR count). The van der Waals surface area contributed by atoms with Crippen molar-refractivity contribution in [2.75, 3.05) is 0 Å². The Labute approximate surface area is 257 Å². The second-order valence-corrected chi connectivity index (χ2v) is 13.3. The maximum absolute atomic E-state index is 12.2. The number of nitrogens with zero attached hydrogens (tertiary/aromatic N) is 2. The Kier molecular flexibility index (Phi) is 8.13. The van der Waals surface area contributed by atoms with Crippen molar-refractivity contribution in [2.45, 2.75) is 56.9 Å². The number of benzene rings is 3. The molecule has 3 aromatic carbocycles. The molecule has 0 saturated heterocycles. The van der Waals surface area contributed by atoms with E-state index in [1.807, 2.05) is 74.3 Å². The number of carbonyl (C=O) groups is 1. The summed E-state index contributed by atoms with van der Waals surface area (Å²) in [6, 6.07) is 28.8. The second-order valence-electron chi connectivity index (χ2n) is 11.8. The molecule has 218 valence electrons. The summed E-state index contributed by atoms with van der Waals surface area (Å²) in [6.45, 7) is 6.89. The summed E-state index contributed by atoms with van der Waals surface area (Å²) >= 11 is 1.85. The van der Waals surface area contributed by atoms with Crippen LogP contribution in [0.2, 0.25) is 0 Å². The maximum atomic E-state index is 12.2. The van der Waals surface area contributed by atoms with E-state index in [0.717, 1.165) is 45.8 Å². The van der Waals surface area contributed by atoms with Crippen molar-refractivity contribution >= 4 is 34.7 Å². The maximum Gasteiger partial charge on any atom is 0.309 e. The lowest BCUT2D eigenvalue weighted by Crippen LogP contribution is -2.27. The number of hydrogen-bond acceptors (Lipinski definition) is 4. The third kappa shape index (κ3) is 6.11. The molecule has 1 unspecified atom stereocenters. The Hall–Kier alpha value is -4.29. The fourth-order valence-electron chi connectivity index (χ4n) is 5.70. The van der Waals surface area contributed by atoms with Gasteiger partial charge in [0, 0.05) is 51.5 Å². The van der Waals surface area contributed by atoms with Crippen molar-refractivity contribution in [2.24, 2.45) is 5.41 Å². The van der Waals surface area contributed by atoms with E-state index in [2.05, 4.69) is 71.1 Å². The molecule has 1 aliphatic heterocycles. The van der Waals surface area contributed by atoms with Crippen LogP contribution in [0, 0.1) is 5.41 Å². The SMILES string of the molecule is CC1Cc2c(OCc3ccc(-c4ccccc4)cn3)ccc3c2c(c(CC(C)(C)C(=O)O)n3CC=Cc2ccccc2)S1. The van der Waals surface area contributed by atoms with Gasteiger partial charge >= 0.3 is 5.97 Å². The lowest BCUT2D eigenvalue weighted by Gasteiger charge is -2.24. The first-order chi connectivity index (χ1) is 20.8. The van der Waals surface area contributed by atoms with Crippen LogP contribution in [0.3, 0.4) is 0 Å². The monoisotopic (exact) mass is 588 g/mol. The number of carboxylic acids is 1. The highest BCUT2D eigenvalue weighted by Gasteiger charge is 2.34. The van der Waals surface area contributed by atoms with Gasteiger partial charge < -0.3 is 14.4 Å². The van der Waals surface area contributed by atoms with Gasteiger partial charge in [0.25, 0.3) is 0 Å². The van der Waals surface area contributed by atoms with Gasteiger partial charge in [-0.15, -0.1) is 11.8 Å². The number of allylic oxidation sites excluding steroid dienone is 1. The Morgan fingerprint density at radius 2 is 1.77 bits per heavy atom. The Morgan fingerprint density at radius 1 is 1.02 bits per heavy atom. The van der Waals surface area contributed by atoms with Crippen molar-refractivity contribution in [1.82, 2.24) is 9.55 Å². The van der Waals surface area contributed by atoms with Crippen LogP contribution in [0.1, 0.15) is 43.3 Å². The first-order valence-electron chi connectivity index (χ1n) is 14.7. The summed E-state index contributed by atoms with van der Waals surface area (Å²) in [7, 11) is 0. The molecule has 0 bridgehead atoms. The minimum atomic E-state index is -0.899. The van der Waals surface area contributed by atoms with Gasteiger partial charge in [0.05, 0.1) is 16.6 Å². The van der Waals surface area contributed by atoms with E-state index in [1.54, 1.807) is 0 Å². The van der Waals surface area contributed by atoms with E-state index >= 15 is 0 Å². The third-order valence-corrected chi connectivity index (χ3v) is 9.30. The van der Waals surface area contributed by atoms with Crippen LogP contribution in [0.15, 0.2) is 102 Å². The summed E-state index contributed by atoms with van der Waals surface area (Å²) in [4.78, 5) is 18.1. The van der Waals surface area contributed by atoms with Crippen LogP contribution in [-0.2, 0) is 30.8 Å². The molecule has 0 aliphatic carbocycles. The zero-order valence-corrected chi connectivity index (χ0v) is 25.6. The van der Waals surface area contributed by atoms with Gasteiger partial charge in [0.2, 0.25) is 0 Å². The van der Waals surface area contributed by atoms with E-state index in [4.69, 9.17) is 4.74 Å². The van der Waals surface area contributed by atoms with Gasteiger partial charge in [-0.3, -0.25) is 9.78 Å². The van der Waals surface area contributed by atoms with Gasteiger partial charge in [-0.2, -0.15) is 0 Å². The molecule has 0 spiro atoms. The smallest absolute Gasteiger partial charge is 0.309 e. The first-order valence-corrected chi connectivity index (χ1v) is 15.6. The summed E-state index contributed by atoms with van der Waals surface area (Å²) < 4.78 is 8.75. The first kappa shape index (κ1) is 28.8. The fraction of sp³-hybridized carbons (Fsp3) is 0.243. The van der Waals surface area contributed by atoms with Crippen LogP contribution in [-0.4, -0.2) is 25.9 Å². The minimum absolute atomic E-state index is 0.339. The number of pyridine rings is 1. The second kappa shape index (κ2) is 12.1. The molecular weight excluding hydrogens is 552 g/mol. The van der Waals surface area contributed by atoms with E-state index < -0.39 is 11.4 Å². The number of rotatable bonds is 10. The number of aromatic nitrogens is 2. The largest absolute Gasteiger partial charge is 0.487 e. The van der Waals surface area contributed by atoms with Gasteiger partial charge in [-0.25, -0.2) is 0 Å². The van der Waals surface area contributed by atoms with Crippen molar-refractivity contribution in [3.8, 4) is 16.9 Å². The molecular formula is C37H36N2O3S. The highest BCUT2D eigenvalue weighted by atomic mass is 32.2. The lowest BCUT2D eigenvalue weighted by molar-refractivity contribution is -0.146. The fourth-order valence-corrected chi connectivity index (χ4v) is 7.02. The Bertz CT molecular complexity index is 1770. The lowest BCUT2D eigenvalue weighted by atomic mass is 9.88. The van der Waals surface area contributed by atoms with E-state index in [0.29, 0.717) is 24.8 Å². The topological polar surface area (TPSA) is 64.3 Å². The molecule has 6 heteroatoms. The van der Waals surface area contributed by atoms with Gasteiger partial charge in [-0.1, -0.05) is 85.8 Å². The summed E-state index contributed by atoms with van der Waals surface area (Å²) in [5.41, 5.74) is 6.73. The van der Waals surface area contributed by atoms with Crippen molar-refractivity contribution in [3.63, 3.8) is 0 Å². The van der Waals surface area contributed by atoms with Gasteiger partial charge in [-0.05, 0) is 49.6 Å². The average molecular weight is 589 g/mol. The normalized spacial score (nSPS) is 14.8. The average Bonchev–Trinajstić information content (AvgIpc) is 3.29. The predicted molar refractivity (Wildman–Crippen MR) is 176 cm³/mol. The quantitative estimate of drug-likeness (QED) is 0.177. The van der Waals surface area contributed by atoms with Crippen molar-refractivity contribution in [1.29, 1.82) is 0 Å². The Balaban J connectivity index is 1.35. The van der Waals surface area contributed by atoms with Crippen LogP contribution >= 0.6 is 11.8 Å². The molecule has 3 heterocycles. The molecule has 0 saturated carbocycles. The highest BCUT2D eigenvalue weighted by Crippen LogP contribution is 2.48. The Morgan fingerprint density at radius 3 is 2.47 bits per heavy atom. The van der Waals surface area contributed by atoms with Crippen LogP contribution < -0.4 is 4.74 Å². The molecule has 0 amide bonds. The molecule has 1 atom stereocenters. The molecule has 2 aromatic heterocycles. The van der Waals surface area contributed by atoms with E-state index in [-0.39, 0.29) is 0 Å².